The van der Waals surface area contributed by atoms with E-state index in [1.165, 1.54) is 25.8 Å². The third-order valence-electron chi connectivity index (χ3n) is 3.21. The Labute approximate surface area is 81.0 Å². The van der Waals surface area contributed by atoms with Gasteiger partial charge in [0.2, 0.25) is 0 Å². The van der Waals surface area contributed by atoms with Crippen molar-refractivity contribution < 1.29 is 4.74 Å². The normalized spacial score (nSPS) is 38.5. The highest BCUT2D eigenvalue weighted by Gasteiger charge is 2.44. The Hall–Kier alpha value is -0.0800. The Kier molecular flexibility index (Phi) is 2.89. The molecule has 2 nitrogen and oxygen atoms in total. The van der Waals surface area contributed by atoms with E-state index in [0.717, 1.165) is 18.4 Å². The van der Waals surface area contributed by atoms with Crippen LogP contribution in [0, 0.1) is 11.8 Å². The van der Waals surface area contributed by atoms with Gasteiger partial charge in [-0.15, -0.1) is 0 Å². The number of ether oxygens (including phenoxy) is 1. The summed E-state index contributed by atoms with van der Waals surface area (Å²) in [4.78, 5) is 0. The highest BCUT2D eigenvalue weighted by Crippen LogP contribution is 2.44. The zero-order valence-electron chi connectivity index (χ0n) is 8.75. The maximum absolute atomic E-state index is 5.69. The lowest BCUT2D eigenvalue weighted by Gasteiger charge is -2.10. The first kappa shape index (κ1) is 9.47. The van der Waals surface area contributed by atoms with E-state index >= 15 is 0 Å². The Bertz CT molecular complexity index is 163. The minimum atomic E-state index is 0.610. The number of rotatable bonds is 4. The van der Waals surface area contributed by atoms with Crippen LogP contribution in [0.3, 0.4) is 0 Å². The van der Waals surface area contributed by atoms with Crippen molar-refractivity contribution in [3.63, 3.8) is 0 Å². The molecule has 0 radical (unpaired) electrons. The molecular weight excluding hydrogens is 162 g/mol. The fourth-order valence-electron chi connectivity index (χ4n) is 2.29. The summed E-state index contributed by atoms with van der Waals surface area (Å²) in [6.07, 6.45) is 4.59. The number of hydrogen-bond acceptors (Lipinski definition) is 2. The monoisotopic (exact) mass is 183 g/mol. The van der Waals surface area contributed by atoms with Crippen molar-refractivity contribution in [3.05, 3.63) is 0 Å². The predicted octanol–water partition coefficient (Wildman–Crippen LogP) is 1.80. The van der Waals surface area contributed by atoms with Gasteiger partial charge in [0.25, 0.3) is 0 Å². The molecule has 2 fully saturated rings. The quantitative estimate of drug-likeness (QED) is 0.717. The molecule has 13 heavy (non-hydrogen) atoms. The van der Waals surface area contributed by atoms with Crippen molar-refractivity contribution in [2.24, 2.45) is 11.8 Å². The molecule has 1 aliphatic carbocycles. The van der Waals surface area contributed by atoms with Gasteiger partial charge in [-0.2, -0.15) is 0 Å². The molecule has 0 aromatic carbocycles. The van der Waals surface area contributed by atoms with Gasteiger partial charge in [-0.05, 0) is 37.6 Å². The minimum absolute atomic E-state index is 0.610. The molecule has 1 saturated carbocycles. The summed E-state index contributed by atoms with van der Waals surface area (Å²) in [6.45, 7) is 6.63. The van der Waals surface area contributed by atoms with Crippen LogP contribution in [0.25, 0.3) is 0 Å². The lowest BCUT2D eigenvalue weighted by molar-refractivity contribution is 0.0895. The molecule has 0 bridgehead atoms. The van der Waals surface area contributed by atoms with E-state index in [2.05, 4.69) is 19.2 Å². The van der Waals surface area contributed by atoms with Crippen LogP contribution in [0.2, 0.25) is 0 Å². The Balaban J connectivity index is 1.64. The molecular formula is C11H21NO. The van der Waals surface area contributed by atoms with Crippen molar-refractivity contribution in [3.8, 4) is 0 Å². The van der Waals surface area contributed by atoms with Gasteiger partial charge < -0.3 is 10.1 Å². The van der Waals surface area contributed by atoms with E-state index in [1.807, 2.05) is 0 Å². The van der Waals surface area contributed by atoms with E-state index < -0.39 is 0 Å². The molecule has 2 rings (SSSR count). The van der Waals surface area contributed by atoms with Gasteiger partial charge in [0, 0.05) is 12.6 Å². The van der Waals surface area contributed by atoms with Crippen LogP contribution in [0.4, 0.5) is 0 Å². The smallest absolute Gasteiger partial charge is 0.0607 e. The average molecular weight is 183 g/mol. The molecule has 1 saturated heterocycles. The average Bonchev–Trinajstić information content (AvgIpc) is 2.66. The Morgan fingerprint density at radius 1 is 1.46 bits per heavy atom. The van der Waals surface area contributed by atoms with E-state index in [1.54, 1.807) is 0 Å². The van der Waals surface area contributed by atoms with Crippen molar-refractivity contribution in [1.29, 1.82) is 0 Å². The summed E-state index contributed by atoms with van der Waals surface area (Å²) in [7, 11) is 0. The molecule has 76 valence electrons. The van der Waals surface area contributed by atoms with E-state index in [4.69, 9.17) is 4.74 Å². The number of nitrogens with one attached hydrogen (secondary N) is 1. The maximum atomic E-state index is 5.69. The second-order valence-corrected chi connectivity index (χ2v) is 4.77. The fraction of sp³-hybridized carbons (Fsp3) is 1.00. The SMILES string of the molecule is CC(C)NCC1CC1C1CCCO1. The second kappa shape index (κ2) is 3.97. The molecule has 0 spiro atoms. The van der Waals surface area contributed by atoms with Crippen LogP contribution in [-0.2, 0) is 4.74 Å². The van der Waals surface area contributed by atoms with Crippen molar-refractivity contribution in [1.82, 2.24) is 5.32 Å². The van der Waals surface area contributed by atoms with E-state index in [0.29, 0.717) is 12.1 Å². The summed E-state index contributed by atoms with van der Waals surface area (Å²) in [5, 5.41) is 3.51. The summed E-state index contributed by atoms with van der Waals surface area (Å²) < 4.78 is 5.69. The minimum Gasteiger partial charge on any atom is -0.378 e. The Morgan fingerprint density at radius 2 is 2.31 bits per heavy atom. The van der Waals surface area contributed by atoms with E-state index in [-0.39, 0.29) is 0 Å². The second-order valence-electron chi connectivity index (χ2n) is 4.77. The van der Waals surface area contributed by atoms with E-state index in [9.17, 15) is 0 Å². The highest BCUT2D eigenvalue weighted by atomic mass is 16.5. The third kappa shape index (κ3) is 2.44. The molecule has 0 aromatic heterocycles. The van der Waals surface area contributed by atoms with Crippen LogP contribution in [0.1, 0.15) is 33.1 Å². The Morgan fingerprint density at radius 3 is 2.92 bits per heavy atom. The first-order valence-electron chi connectivity index (χ1n) is 5.62. The van der Waals surface area contributed by atoms with Crippen LogP contribution < -0.4 is 5.32 Å². The number of hydrogen-bond donors (Lipinski definition) is 1. The summed E-state index contributed by atoms with van der Waals surface area (Å²) in [5.74, 6) is 1.79. The van der Waals surface area contributed by atoms with Gasteiger partial charge in [0.05, 0.1) is 6.10 Å². The first-order valence-corrected chi connectivity index (χ1v) is 5.62. The molecule has 0 amide bonds. The van der Waals surface area contributed by atoms with Crippen LogP contribution in [0.15, 0.2) is 0 Å². The van der Waals surface area contributed by atoms with Crippen LogP contribution >= 0.6 is 0 Å². The van der Waals surface area contributed by atoms with Gasteiger partial charge in [-0.1, -0.05) is 13.8 Å². The predicted molar refractivity (Wildman–Crippen MR) is 53.7 cm³/mol. The highest BCUT2D eigenvalue weighted by molar-refractivity contribution is 4.94. The summed E-state index contributed by atoms with van der Waals surface area (Å²) in [6, 6.07) is 0.630. The van der Waals surface area contributed by atoms with Gasteiger partial charge >= 0.3 is 0 Å². The van der Waals surface area contributed by atoms with Crippen LogP contribution in [0.5, 0.6) is 0 Å². The summed E-state index contributed by atoms with van der Waals surface area (Å²) in [5.41, 5.74) is 0. The van der Waals surface area contributed by atoms with Gasteiger partial charge in [-0.25, -0.2) is 0 Å². The molecule has 3 atom stereocenters. The lowest BCUT2D eigenvalue weighted by Crippen LogP contribution is -2.26. The van der Waals surface area contributed by atoms with Gasteiger partial charge in [0.15, 0.2) is 0 Å². The lowest BCUT2D eigenvalue weighted by atomic mass is 10.1. The zero-order valence-corrected chi connectivity index (χ0v) is 8.75. The standard InChI is InChI=1S/C11H21NO/c1-8(2)12-7-9-6-10(9)11-4-3-5-13-11/h8-12H,3-7H2,1-2H3. The zero-order chi connectivity index (χ0) is 9.26. The van der Waals surface area contributed by atoms with Gasteiger partial charge in [0.1, 0.15) is 0 Å². The maximum Gasteiger partial charge on any atom is 0.0607 e. The summed E-state index contributed by atoms with van der Waals surface area (Å²) >= 11 is 0. The third-order valence-corrected chi connectivity index (χ3v) is 3.21. The molecule has 0 aromatic rings. The molecule has 3 unspecified atom stereocenters. The first-order chi connectivity index (χ1) is 6.27. The molecule has 2 heteroatoms. The van der Waals surface area contributed by atoms with Crippen molar-refractivity contribution in [2.75, 3.05) is 13.2 Å². The van der Waals surface area contributed by atoms with Crippen LogP contribution in [-0.4, -0.2) is 25.3 Å². The molecule has 1 N–H and O–H groups in total. The molecule has 2 aliphatic rings. The van der Waals surface area contributed by atoms with Gasteiger partial charge in [-0.3, -0.25) is 0 Å². The largest absolute Gasteiger partial charge is 0.378 e. The topological polar surface area (TPSA) is 21.3 Å². The van der Waals surface area contributed by atoms with Crippen molar-refractivity contribution in [2.45, 2.75) is 45.3 Å². The molecule has 1 heterocycles. The fourth-order valence-corrected chi connectivity index (χ4v) is 2.29. The van der Waals surface area contributed by atoms with Crippen molar-refractivity contribution >= 4 is 0 Å². The molecule has 1 aliphatic heterocycles.